The van der Waals surface area contributed by atoms with Crippen molar-refractivity contribution < 1.29 is 0 Å². The highest BCUT2D eigenvalue weighted by Gasteiger charge is 2.21. The van der Waals surface area contributed by atoms with E-state index < -0.39 is 11.2 Å². The van der Waals surface area contributed by atoms with Gasteiger partial charge in [0.05, 0.1) is 6.54 Å². The monoisotopic (exact) mass is 446 g/mol. The minimum atomic E-state index is -0.431. The molecule has 4 rings (SSSR count). The number of benzene rings is 2. The molecule has 0 fully saturated rings. The summed E-state index contributed by atoms with van der Waals surface area (Å²) in [5, 5.41) is 1.56. The number of aryl methyl sites for hydroxylation is 1. The minimum Gasteiger partial charge on any atom is -0.308 e. The van der Waals surface area contributed by atoms with Crippen molar-refractivity contribution in [2.75, 3.05) is 0 Å². The van der Waals surface area contributed by atoms with E-state index in [-0.39, 0.29) is 6.54 Å². The van der Waals surface area contributed by atoms with Crippen molar-refractivity contribution in [1.82, 2.24) is 18.7 Å². The van der Waals surface area contributed by atoms with Gasteiger partial charge >= 0.3 is 5.69 Å². The summed E-state index contributed by atoms with van der Waals surface area (Å²) in [5.41, 5.74) is 0.475. The lowest BCUT2D eigenvalue weighted by Crippen LogP contribution is -2.37. The number of hydrogen-bond donors (Lipinski definition) is 0. The fourth-order valence-electron chi connectivity index (χ4n) is 3.09. The Morgan fingerprint density at radius 2 is 1.59 bits per heavy atom. The van der Waals surface area contributed by atoms with Crippen LogP contribution in [0.25, 0.3) is 11.2 Å². The van der Waals surface area contributed by atoms with Crippen LogP contribution in [-0.2, 0) is 20.6 Å². The molecule has 6 nitrogen and oxygen atoms in total. The molecule has 0 aliphatic heterocycles. The van der Waals surface area contributed by atoms with E-state index in [0.29, 0.717) is 31.9 Å². The second kappa shape index (κ2) is 7.74. The third kappa shape index (κ3) is 3.50. The van der Waals surface area contributed by atoms with Crippen LogP contribution in [0.5, 0.6) is 0 Å². The van der Waals surface area contributed by atoms with Crippen LogP contribution in [-0.4, -0.2) is 18.7 Å². The van der Waals surface area contributed by atoms with Crippen molar-refractivity contribution in [3.63, 3.8) is 0 Å². The van der Waals surface area contributed by atoms with Crippen LogP contribution in [0.2, 0.25) is 10.0 Å². The Balaban J connectivity index is 2.00. The molecule has 0 aliphatic carbocycles. The van der Waals surface area contributed by atoms with Crippen LogP contribution < -0.4 is 11.2 Å². The van der Waals surface area contributed by atoms with Crippen molar-refractivity contribution >= 4 is 46.1 Å². The number of fused-ring (bicyclic) bond motifs is 1. The topological polar surface area (TPSA) is 61.8 Å². The lowest BCUT2D eigenvalue weighted by molar-refractivity contribution is 0.696. The molecule has 0 bridgehead atoms. The Bertz CT molecular complexity index is 1320. The van der Waals surface area contributed by atoms with E-state index in [0.717, 1.165) is 9.46 Å². The smallest absolute Gasteiger partial charge is 0.308 e. The molecule has 148 valence electrons. The normalized spacial score (nSPS) is 11.3. The van der Waals surface area contributed by atoms with Crippen molar-refractivity contribution in [1.29, 1.82) is 0 Å². The zero-order valence-electron chi connectivity index (χ0n) is 15.6. The zero-order valence-corrected chi connectivity index (χ0v) is 17.9. The molecule has 4 aromatic rings. The molecule has 2 aromatic heterocycles. The molecule has 0 N–H and O–H groups in total. The lowest BCUT2D eigenvalue weighted by atomic mass is 10.2. The highest BCUT2D eigenvalue weighted by Crippen LogP contribution is 2.32. The number of nitrogens with zero attached hydrogens (tertiary/aromatic N) is 4. The van der Waals surface area contributed by atoms with E-state index in [1.807, 2.05) is 30.3 Å². The van der Waals surface area contributed by atoms with Gasteiger partial charge in [-0.2, -0.15) is 0 Å². The molecule has 0 radical (unpaired) electrons. The van der Waals surface area contributed by atoms with E-state index in [4.69, 9.17) is 23.2 Å². The third-order valence-electron chi connectivity index (χ3n) is 4.64. The number of aromatic nitrogens is 4. The first-order valence-electron chi connectivity index (χ1n) is 8.70. The Morgan fingerprint density at radius 3 is 2.24 bits per heavy atom. The molecule has 2 aromatic carbocycles. The van der Waals surface area contributed by atoms with Gasteiger partial charge in [-0.3, -0.25) is 13.9 Å². The quantitative estimate of drug-likeness (QED) is 0.476. The van der Waals surface area contributed by atoms with Gasteiger partial charge in [-0.15, -0.1) is 0 Å². The van der Waals surface area contributed by atoms with Gasteiger partial charge in [0.1, 0.15) is 0 Å². The summed E-state index contributed by atoms with van der Waals surface area (Å²) < 4.78 is 4.21. The van der Waals surface area contributed by atoms with Gasteiger partial charge in [-0.1, -0.05) is 59.2 Å². The Labute approximate surface area is 180 Å². The fraction of sp³-hybridized carbons (Fsp3) is 0.150. The van der Waals surface area contributed by atoms with E-state index >= 15 is 0 Å². The maximum Gasteiger partial charge on any atom is 0.332 e. The van der Waals surface area contributed by atoms with Crippen molar-refractivity contribution in [3.8, 4) is 0 Å². The Hall–Kier alpha value is -2.48. The predicted molar refractivity (Wildman–Crippen MR) is 116 cm³/mol. The van der Waals surface area contributed by atoms with Crippen LogP contribution in [0.3, 0.4) is 0 Å². The average Bonchev–Trinajstić information content (AvgIpc) is 3.06. The summed E-state index contributed by atoms with van der Waals surface area (Å²) in [6.07, 6.45) is 0. The SMILES string of the molecule is Cn1c(=O)c2c(nc(Sc3ccccc3)n2Cc2c(Cl)cccc2Cl)n(C)c1=O. The molecular formula is C20H16Cl2N4O2S. The second-order valence-corrected chi connectivity index (χ2v) is 8.33. The first kappa shape index (κ1) is 19.8. The van der Waals surface area contributed by atoms with Gasteiger partial charge < -0.3 is 4.57 Å². The summed E-state index contributed by atoms with van der Waals surface area (Å²) in [7, 11) is 3.05. The van der Waals surface area contributed by atoms with E-state index in [1.54, 1.807) is 29.8 Å². The number of imidazole rings is 1. The number of rotatable bonds is 4. The van der Waals surface area contributed by atoms with Gasteiger partial charge in [-0.05, 0) is 24.3 Å². The lowest BCUT2D eigenvalue weighted by Gasteiger charge is -2.12. The number of halogens is 2. The molecule has 0 unspecified atom stereocenters. The molecule has 9 heteroatoms. The highest BCUT2D eigenvalue weighted by atomic mass is 35.5. The summed E-state index contributed by atoms with van der Waals surface area (Å²) in [4.78, 5) is 30.9. The molecule has 2 heterocycles. The third-order valence-corrected chi connectivity index (χ3v) is 6.35. The van der Waals surface area contributed by atoms with Crippen LogP contribution in [0.4, 0.5) is 0 Å². The van der Waals surface area contributed by atoms with Gasteiger partial charge in [-0.25, -0.2) is 9.78 Å². The summed E-state index contributed by atoms with van der Waals surface area (Å²) in [6, 6.07) is 14.9. The summed E-state index contributed by atoms with van der Waals surface area (Å²) >= 11 is 14.2. The highest BCUT2D eigenvalue weighted by molar-refractivity contribution is 7.99. The molecule has 0 saturated heterocycles. The Kier molecular flexibility index (Phi) is 5.29. The Morgan fingerprint density at radius 1 is 0.931 bits per heavy atom. The molecule has 0 saturated carbocycles. The maximum absolute atomic E-state index is 13.0. The fourth-order valence-corrected chi connectivity index (χ4v) is 4.51. The maximum atomic E-state index is 13.0. The molecule has 29 heavy (non-hydrogen) atoms. The molecule has 0 spiro atoms. The predicted octanol–water partition coefficient (Wildman–Crippen LogP) is 3.94. The molecular weight excluding hydrogens is 431 g/mol. The summed E-state index contributed by atoms with van der Waals surface area (Å²) in [6.45, 7) is 0.248. The van der Waals surface area contributed by atoms with Gasteiger partial charge in [0.25, 0.3) is 5.56 Å². The second-order valence-electron chi connectivity index (χ2n) is 6.47. The van der Waals surface area contributed by atoms with Gasteiger partial charge in [0, 0.05) is 34.6 Å². The average molecular weight is 447 g/mol. The standard InChI is InChI=1S/C20H16Cl2N4O2S/c1-24-17-16(18(27)25(2)20(24)28)26(11-13-14(21)9-6-10-15(13)22)19(23-17)29-12-7-4-3-5-8-12/h3-10H,11H2,1-2H3. The first-order chi connectivity index (χ1) is 13.9. The van der Waals surface area contributed by atoms with Crippen LogP contribution in [0, 0.1) is 0 Å². The largest absolute Gasteiger partial charge is 0.332 e. The molecule has 0 aliphatic rings. The summed E-state index contributed by atoms with van der Waals surface area (Å²) in [5.74, 6) is 0. The van der Waals surface area contributed by atoms with E-state index in [2.05, 4.69) is 4.98 Å². The van der Waals surface area contributed by atoms with Crippen LogP contribution in [0.15, 0.2) is 68.2 Å². The van der Waals surface area contributed by atoms with Crippen LogP contribution in [0.1, 0.15) is 5.56 Å². The molecule has 0 amide bonds. The van der Waals surface area contributed by atoms with Crippen LogP contribution >= 0.6 is 35.0 Å². The molecule has 0 atom stereocenters. The zero-order chi connectivity index (χ0) is 20.7. The van der Waals surface area contributed by atoms with E-state index in [9.17, 15) is 9.59 Å². The van der Waals surface area contributed by atoms with Gasteiger partial charge in [0.2, 0.25) is 0 Å². The first-order valence-corrected chi connectivity index (χ1v) is 10.3. The minimum absolute atomic E-state index is 0.248. The van der Waals surface area contributed by atoms with Crippen molar-refractivity contribution in [2.24, 2.45) is 14.1 Å². The van der Waals surface area contributed by atoms with Crippen molar-refractivity contribution in [3.05, 3.63) is 85.0 Å². The van der Waals surface area contributed by atoms with E-state index in [1.165, 1.54) is 23.4 Å². The number of hydrogen-bond acceptors (Lipinski definition) is 4. The van der Waals surface area contributed by atoms with Gasteiger partial charge in [0.15, 0.2) is 16.3 Å². The van der Waals surface area contributed by atoms with Crippen molar-refractivity contribution in [2.45, 2.75) is 16.6 Å².